The van der Waals surface area contributed by atoms with E-state index in [1.807, 2.05) is 0 Å². The second kappa shape index (κ2) is 3.57. The monoisotopic (exact) mass is 152 g/mol. The second-order valence-corrected chi connectivity index (χ2v) is 3.34. The molecule has 1 heteroatoms. The molecule has 0 aromatic carbocycles. The maximum atomic E-state index is 2.24. The maximum absolute atomic E-state index is 2.24. The van der Waals surface area contributed by atoms with Gasteiger partial charge < -0.3 is 0 Å². The summed E-state index contributed by atoms with van der Waals surface area (Å²) in [5.41, 5.74) is 1.45. The molecule has 1 aromatic heterocycles. The van der Waals surface area contributed by atoms with Crippen LogP contribution in [0.5, 0.6) is 0 Å². The van der Waals surface area contributed by atoms with Crippen LogP contribution in [-0.2, 0) is 0 Å². The van der Waals surface area contributed by atoms with Gasteiger partial charge in [-0.3, -0.25) is 0 Å². The molecule has 1 heterocycles. The molecule has 0 atom stereocenters. The van der Waals surface area contributed by atoms with Crippen LogP contribution < -0.4 is 0 Å². The summed E-state index contributed by atoms with van der Waals surface area (Å²) in [4.78, 5) is 1.36. The summed E-state index contributed by atoms with van der Waals surface area (Å²) in [7, 11) is 0. The Hall–Kier alpha value is -0.560. The summed E-state index contributed by atoms with van der Waals surface area (Å²) in [5.74, 6) is 0. The van der Waals surface area contributed by atoms with Crippen LogP contribution in [0.1, 0.15) is 25.1 Å². The van der Waals surface area contributed by atoms with E-state index < -0.39 is 0 Å². The van der Waals surface area contributed by atoms with Gasteiger partial charge in [0.15, 0.2) is 0 Å². The van der Waals surface area contributed by atoms with Crippen molar-refractivity contribution in [3.8, 4) is 0 Å². The molecule has 0 aliphatic heterocycles. The minimum absolute atomic E-state index is 1.15. The lowest BCUT2D eigenvalue weighted by Crippen LogP contribution is -1.68. The first-order valence-electron chi connectivity index (χ1n) is 3.53. The lowest BCUT2D eigenvalue weighted by molar-refractivity contribution is 1.11. The van der Waals surface area contributed by atoms with Gasteiger partial charge in [-0.2, -0.15) is 0 Å². The summed E-state index contributed by atoms with van der Waals surface area (Å²) in [5, 5.41) is 2.11. The minimum atomic E-state index is 1.15. The largest absolute Gasteiger partial charge is 0.144 e. The molecule has 10 heavy (non-hydrogen) atoms. The van der Waals surface area contributed by atoms with E-state index in [9.17, 15) is 0 Å². The van der Waals surface area contributed by atoms with Crippen molar-refractivity contribution in [3.63, 3.8) is 0 Å². The van der Waals surface area contributed by atoms with Crippen LogP contribution in [0.4, 0.5) is 0 Å². The van der Waals surface area contributed by atoms with Gasteiger partial charge in [0.1, 0.15) is 0 Å². The first-order valence-corrected chi connectivity index (χ1v) is 4.41. The molecule has 0 saturated heterocycles. The van der Waals surface area contributed by atoms with Gasteiger partial charge in [-0.15, -0.1) is 11.3 Å². The SMILES string of the molecule is CC/C(C)=C/c1cccs1. The molecule has 0 radical (unpaired) electrons. The molecule has 0 amide bonds. The third-order valence-corrected chi connectivity index (χ3v) is 2.31. The first kappa shape index (κ1) is 7.55. The Morgan fingerprint density at radius 3 is 3.00 bits per heavy atom. The van der Waals surface area contributed by atoms with Crippen molar-refractivity contribution in [2.24, 2.45) is 0 Å². The van der Waals surface area contributed by atoms with Crippen LogP contribution in [0.25, 0.3) is 6.08 Å². The van der Waals surface area contributed by atoms with Crippen molar-refractivity contribution >= 4 is 17.4 Å². The van der Waals surface area contributed by atoms with E-state index in [1.54, 1.807) is 11.3 Å². The van der Waals surface area contributed by atoms with E-state index in [-0.39, 0.29) is 0 Å². The van der Waals surface area contributed by atoms with Crippen molar-refractivity contribution < 1.29 is 0 Å². The topological polar surface area (TPSA) is 0 Å². The summed E-state index contributed by atoms with van der Waals surface area (Å²) < 4.78 is 0. The highest BCUT2D eigenvalue weighted by Crippen LogP contribution is 2.14. The molecule has 0 bridgehead atoms. The van der Waals surface area contributed by atoms with Gasteiger partial charge in [0.25, 0.3) is 0 Å². The Bertz CT molecular complexity index is 207. The van der Waals surface area contributed by atoms with Crippen LogP contribution in [0, 0.1) is 0 Å². The Kier molecular flexibility index (Phi) is 2.69. The number of hydrogen-bond acceptors (Lipinski definition) is 1. The second-order valence-electron chi connectivity index (χ2n) is 2.36. The highest BCUT2D eigenvalue weighted by Gasteiger charge is 1.87. The van der Waals surface area contributed by atoms with Crippen LogP contribution >= 0.6 is 11.3 Å². The fourth-order valence-corrected chi connectivity index (χ4v) is 1.46. The third-order valence-electron chi connectivity index (χ3n) is 1.49. The Labute approximate surface area is 66.2 Å². The van der Waals surface area contributed by atoms with Crippen LogP contribution in [0.15, 0.2) is 23.1 Å². The predicted octanol–water partition coefficient (Wildman–Crippen LogP) is 3.56. The van der Waals surface area contributed by atoms with Gasteiger partial charge >= 0.3 is 0 Å². The molecule has 0 N–H and O–H groups in total. The van der Waals surface area contributed by atoms with E-state index in [4.69, 9.17) is 0 Å². The summed E-state index contributed by atoms with van der Waals surface area (Å²) in [6, 6.07) is 4.23. The van der Waals surface area contributed by atoms with E-state index in [0.29, 0.717) is 0 Å². The number of allylic oxidation sites excluding steroid dienone is 1. The molecule has 0 spiro atoms. The third kappa shape index (κ3) is 1.99. The van der Waals surface area contributed by atoms with Crippen LogP contribution in [0.2, 0.25) is 0 Å². The molecule has 0 aliphatic carbocycles. The van der Waals surface area contributed by atoms with Crippen molar-refractivity contribution in [1.82, 2.24) is 0 Å². The van der Waals surface area contributed by atoms with Gasteiger partial charge in [-0.25, -0.2) is 0 Å². The van der Waals surface area contributed by atoms with Crippen molar-refractivity contribution in [2.45, 2.75) is 20.3 Å². The molecule has 1 aromatic rings. The zero-order valence-corrected chi connectivity index (χ0v) is 7.24. The van der Waals surface area contributed by atoms with Gasteiger partial charge in [0, 0.05) is 4.88 Å². The van der Waals surface area contributed by atoms with Crippen molar-refractivity contribution in [1.29, 1.82) is 0 Å². The smallest absolute Gasteiger partial charge is 0.0269 e. The fraction of sp³-hybridized carbons (Fsp3) is 0.333. The number of hydrogen-bond donors (Lipinski definition) is 0. The molecule has 0 saturated carbocycles. The number of thiophene rings is 1. The van der Waals surface area contributed by atoms with Gasteiger partial charge in [0.05, 0.1) is 0 Å². The molecule has 0 nitrogen and oxygen atoms in total. The summed E-state index contributed by atoms with van der Waals surface area (Å²) >= 11 is 1.79. The molecule has 0 aliphatic rings. The molecular formula is C9H12S. The Balaban J connectivity index is 2.71. The summed E-state index contributed by atoms with van der Waals surface area (Å²) in [6.45, 7) is 4.35. The quantitative estimate of drug-likeness (QED) is 0.608. The number of rotatable bonds is 2. The van der Waals surface area contributed by atoms with E-state index in [2.05, 4.69) is 37.4 Å². The van der Waals surface area contributed by atoms with Crippen molar-refractivity contribution in [3.05, 3.63) is 28.0 Å². The predicted molar refractivity (Wildman–Crippen MR) is 48.3 cm³/mol. The fourth-order valence-electron chi connectivity index (χ4n) is 0.718. The average Bonchev–Trinajstić information content (AvgIpc) is 2.40. The van der Waals surface area contributed by atoms with E-state index in [0.717, 1.165) is 6.42 Å². The van der Waals surface area contributed by atoms with Crippen molar-refractivity contribution in [2.75, 3.05) is 0 Å². The average molecular weight is 152 g/mol. The molecular weight excluding hydrogens is 140 g/mol. The van der Waals surface area contributed by atoms with Gasteiger partial charge in [-0.1, -0.05) is 18.6 Å². The summed E-state index contributed by atoms with van der Waals surface area (Å²) in [6.07, 6.45) is 3.39. The molecule has 0 unspecified atom stereocenters. The Morgan fingerprint density at radius 2 is 2.50 bits per heavy atom. The highest BCUT2D eigenvalue weighted by atomic mass is 32.1. The van der Waals surface area contributed by atoms with Crippen LogP contribution in [0.3, 0.4) is 0 Å². The Morgan fingerprint density at radius 1 is 1.70 bits per heavy atom. The van der Waals surface area contributed by atoms with Crippen LogP contribution in [-0.4, -0.2) is 0 Å². The zero-order valence-electron chi connectivity index (χ0n) is 6.42. The maximum Gasteiger partial charge on any atom is 0.0269 e. The zero-order chi connectivity index (χ0) is 7.40. The van der Waals surface area contributed by atoms with Gasteiger partial charge in [-0.05, 0) is 30.9 Å². The highest BCUT2D eigenvalue weighted by molar-refractivity contribution is 7.10. The molecule has 0 fully saturated rings. The standard InChI is InChI=1S/C9H12S/c1-3-8(2)7-9-5-4-6-10-9/h4-7H,3H2,1-2H3/b8-7+. The first-order chi connectivity index (χ1) is 4.83. The molecule has 1 rings (SSSR count). The molecule has 54 valence electrons. The normalized spacial score (nSPS) is 12.0. The lowest BCUT2D eigenvalue weighted by atomic mass is 10.2. The lowest BCUT2D eigenvalue weighted by Gasteiger charge is -1.90. The minimum Gasteiger partial charge on any atom is -0.144 e. The van der Waals surface area contributed by atoms with E-state index >= 15 is 0 Å². The van der Waals surface area contributed by atoms with E-state index in [1.165, 1.54) is 10.5 Å². The van der Waals surface area contributed by atoms with Gasteiger partial charge in [0.2, 0.25) is 0 Å².